The first-order valence-corrected chi connectivity index (χ1v) is 14.2. The van der Waals surface area contributed by atoms with Crippen LogP contribution in [-0.4, -0.2) is 71.8 Å². The second-order valence-electron chi connectivity index (χ2n) is 7.56. The molecule has 3 rings (SSSR count). The van der Waals surface area contributed by atoms with Crippen LogP contribution in [-0.2, 0) is 19.7 Å². The van der Waals surface area contributed by atoms with Gasteiger partial charge in [-0.3, -0.25) is 9.69 Å². The Morgan fingerprint density at radius 3 is 2.34 bits per heavy atom. The van der Waals surface area contributed by atoms with Crippen molar-refractivity contribution in [2.45, 2.75) is 16.7 Å². The standard InChI is InChI=1S/C21H25N3O5S3/c1-5-32(28,29)19-9-7-6-8-16(19)20(25)24(13-12-23(2)3)21-22-17-11-10-15(31(4,26)27)14-18(17)30-21/h6-11,14H,5,12-13H2,1-4H3. The van der Waals surface area contributed by atoms with Crippen LogP contribution in [0.3, 0.4) is 0 Å². The molecule has 0 aliphatic carbocycles. The number of hydrogen-bond acceptors (Lipinski definition) is 8. The number of amides is 1. The summed E-state index contributed by atoms with van der Waals surface area (Å²) in [6.45, 7) is 2.34. The molecule has 0 saturated carbocycles. The molecule has 0 saturated heterocycles. The Bertz CT molecular complexity index is 1360. The largest absolute Gasteiger partial charge is 0.308 e. The lowest BCUT2D eigenvalue weighted by Gasteiger charge is -2.23. The van der Waals surface area contributed by atoms with E-state index >= 15 is 0 Å². The average Bonchev–Trinajstić information content (AvgIpc) is 3.15. The molecule has 0 bridgehead atoms. The van der Waals surface area contributed by atoms with Gasteiger partial charge in [0.1, 0.15) is 0 Å². The van der Waals surface area contributed by atoms with Crippen LogP contribution in [0.4, 0.5) is 5.13 Å². The van der Waals surface area contributed by atoms with E-state index in [0.29, 0.717) is 21.9 Å². The van der Waals surface area contributed by atoms with Crippen molar-refractivity contribution in [3.63, 3.8) is 0 Å². The fourth-order valence-corrected chi connectivity index (χ4v) is 5.88. The van der Waals surface area contributed by atoms with Crippen molar-refractivity contribution in [1.29, 1.82) is 0 Å². The molecule has 3 aromatic rings. The van der Waals surface area contributed by atoms with Crippen molar-refractivity contribution in [2.75, 3.05) is 44.1 Å². The number of aromatic nitrogens is 1. The third kappa shape index (κ3) is 5.17. The molecular weight excluding hydrogens is 470 g/mol. The van der Waals surface area contributed by atoms with Gasteiger partial charge in [0.15, 0.2) is 24.8 Å². The minimum absolute atomic E-state index is 0.0113. The minimum atomic E-state index is -3.61. The molecule has 1 amide bonds. The van der Waals surface area contributed by atoms with Crippen LogP contribution in [0.5, 0.6) is 0 Å². The van der Waals surface area contributed by atoms with E-state index in [1.165, 1.54) is 47.4 Å². The lowest BCUT2D eigenvalue weighted by atomic mass is 10.2. The lowest BCUT2D eigenvalue weighted by Crippen LogP contribution is -2.37. The predicted octanol–water partition coefficient (Wildman–Crippen LogP) is 2.70. The fraction of sp³-hybridized carbons (Fsp3) is 0.333. The zero-order valence-corrected chi connectivity index (χ0v) is 20.7. The zero-order valence-electron chi connectivity index (χ0n) is 18.3. The number of anilines is 1. The molecule has 2 aromatic carbocycles. The number of benzene rings is 2. The minimum Gasteiger partial charge on any atom is -0.308 e. The van der Waals surface area contributed by atoms with E-state index in [1.807, 2.05) is 19.0 Å². The van der Waals surface area contributed by atoms with E-state index in [2.05, 4.69) is 4.98 Å². The van der Waals surface area contributed by atoms with Crippen molar-refractivity contribution < 1.29 is 21.6 Å². The van der Waals surface area contributed by atoms with E-state index in [4.69, 9.17) is 0 Å². The quantitative estimate of drug-likeness (QED) is 0.473. The van der Waals surface area contributed by atoms with Crippen LogP contribution in [0.25, 0.3) is 10.2 Å². The zero-order chi connectivity index (χ0) is 23.7. The van der Waals surface area contributed by atoms with E-state index in [9.17, 15) is 21.6 Å². The summed E-state index contributed by atoms with van der Waals surface area (Å²) in [6, 6.07) is 10.8. The highest BCUT2D eigenvalue weighted by Gasteiger charge is 2.27. The smallest absolute Gasteiger partial charge is 0.261 e. The SMILES string of the molecule is CCS(=O)(=O)c1ccccc1C(=O)N(CCN(C)C)c1nc2ccc(S(C)(=O)=O)cc2s1. The van der Waals surface area contributed by atoms with Crippen LogP contribution < -0.4 is 4.90 Å². The first-order valence-electron chi connectivity index (χ1n) is 9.83. The molecule has 0 unspecified atom stereocenters. The summed E-state index contributed by atoms with van der Waals surface area (Å²) in [6.07, 6.45) is 1.13. The van der Waals surface area contributed by atoms with Gasteiger partial charge in [-0.2, -0.15) is 0 Å². The molecule has 32 heavy (non-hydrogen) atoms. The topological polar surface area (TPSA) is 105 Å². The molecule has 0 aliphatic rings. The monoisotopic (exact) mass is 495 g/mol. The Kier molecular flexibility index (Phi) is 7.03. The Hall–Kier alpha value is -2.34. The summed E-state index contributed by atoms with van der Waals surface area (Å²) in [5.74, 6) is -0.591. The van der Waals surface area contributed by atoms with Gasteiger partial charge in [-0.25, -0.2) is 21.8 Å². The highest BCUT2D eigenvalue weighted by molar-refractivity contribution is 7.91. The van der Waals surface area contributed by atoms with Gasteiger partial charge in [-0.05, 0) is 44.4 Å². The molecule has 0 fully saturated rings. The molecule has 1 heterocycles. The van der Waals surface area contributed by atoms with Crippen molar-refractivity contribution in [3.8, 4) is 0 Å². The fourth-order valence-electron chi connectivity index (χ4n) is 3.04. The molecule has 1 aromatic heterocycles. The van der Waals surface area contributed by atoms with Gasteiger partial charge >= 0.3 is 0 Å². The molecule has 0 spiro atoms. The van der Waals surface area contributed by atoms with Gasteiger partial charge in [-0.1, -0.05) is 30.4 Å². The summed E-state index contributed by atoms with van der Waals surface area (Å²) in [5, 5.41) is 0.376. The number of carbonyl (C=O) groups is 1. The number of thiazole rings is 1. The summed E-state index contributed by atoms with van der Waals surface area (Å²) in [4.78, 5) is 21.6. The van der Waals surface area contributed by atoms with E-state index in [0.717, 1.165) is 6.26 Å². The molecule has 11 heteroatoms. The van der Waals surface area contributed by atoms with Gasteiger partial charge in [-0.15, -0.1) is 0 Å². The highest BCUT2D eigenvalue weighted by Crippen LogP contribution is 2.32. The number of rotatable bonds is 8. The molecule has 0 radical (unpaired) electrons. The molecule has 8 nitrogen and oxygen atoms in total. The van der Waals surface area contributed by atoms with Crippen LogP contribution in [0.15, 0.2) is 52.3 Å². The van der Waals surface area contributed by atoms with Crippen LogP contribution >= 0.6 is 11.3 Å². The summed E-state index contributed by atoms with van der Waals surface area (Å²) >= 11 is 1.19. The highest BCUT2D eigenvalue weighted by atomic mass is 32.2. The maximum Gasteiger partial charge on any atom is 0.261 e. The molecule has 172 valence electrons. The number of likely N-dealkylation sites (N-methyl/N-ethyl adjacent to an activating group) is 1. The van der Waals surface area contributed by atoms with Gasteiger partial charge in [0.05, 0.1) is 31.3 Å². The lowest BCUT2D eigenvalue weighted by molar-refractivity contribution is 0.0982. The molecule has 0 atom stereocenters. The Morgan fingerprint density at radius 1 is 1.03 bits per heavy atom. The van der Waals surface area contributed by atoms with Crippen molar-refractivity contribution in [1.82, 2.24) is 9.88 Å². The maximum absolute atomic E-state index is 13.6. The first-order chi connectivity index (χ1) is 14.9. The molecule has 0 N–H and O–H groups in total. The van der Waals surface area contributed by atoms with Crippen LogP contribution in [0.1, 0.15) is 17.3 Å². The Balaban J connectivity index is 2.11. The van der Waals surface area contributed by atoms with Gasteiger partial charge in [0.2, 0.25) is 0 Å². The number of hydrogen-bond donors (Lipinski definition) is 0. The van der Waals surface area contributed by atoms with Gasteiger partial charge in [0, 0.05) is 19.3 Å². The first kappa shape index (κ1) is 24.3. The average molecular weight is 496 g/mol. The van der Waals surface area contributed by atoms with E-state index < -0.39 is 25.6 Å². The van der Waals surface area contributed by atoms with Gasteiger partial charge < -0.3 is 4.90 Å². The summed E-state index contributed by atoms with van der Waals surface area (Å²) in [5.41, 5.74) is 0.652. The normalized spacial score (nSPS) is 12.4. The molecular formula is C21H25N3O5S3. The second kappa shape index (κ2) is 9.26. The number of carbonyl (C=O) groups excluding carboxylic acids is 1. The molecule has 0 aliphatic heterocycles. The number of sulfone groups is 2. The maximum atomic E-state index is 13.6. The Morgan fingerprint density at radius 2 is 1.72 bits per heavy atom. The number of fused-ring (bicyclic) bond motifs is 1. The second-order valence-corrected chi connectivity index (χ2v) is 12.8. The summed E-state index contributed by atoms with van der Waals surface area (Å²) < 4.78 is 49.6. The number of nitrogens with zero attached hydrogens (tertiary/aromatic N) is 3. The van der Waals surface area contributed by atoms with Crippen molar-refractivity contribution >= 4 is 52.3 Å². The van der Waals surface area contributed by atoms with E-state index in [1.54, 1.807) is 18.2 Å². The van der Waals surface area contributed by atoms with Crippen molar-refractivity contribution in [2.24, 2.45) is 0 Å². The third-order valence-electron chi connectivity index (χ3n) is 4.86. The third-order valence-corrected chi connectivity index (χ3v) is 8.79. The van der Waals surface area contributed by atoms with Crippen LogP contribution in [0.2, 0.25) is 0 Å². The van der Waals surface area contributed by atoms with E-state index in [-0.39, 0.29) is 27.7 Å². The predicted molar refractivity (Wildman–Crippen MR) is 127 cm³/mol. The van der Waals surface area contributed by atoms with Crippen LogP contribution in [0, 0.1) is 0 Å². The van der Waals surface area contributed by atoms with Crippen molar-refractivity contribution in [3.05, 3.63) is 48.0 Å². The van der Waals surface area contributed by atoms with Gasteiger partial charge in [0.25, 0.3) is 5.91 Å². The summed E-state index contributed by atoms with van der Waals surface area (Å²) in [7, 11) is -3.26. The Labute approximate surface area is 192 Å².